The summed E-state index contributed by atoms with van der Waals surface area (Å²) in [4.78, 5) is 3.82. The Bertz CT molecular complexity index is 617. The van der Waals surface area contributed by atoms with Crippen LogP contribution in [0.2, 0.25) is 10.0 Å². The van der Waals surface area contributed by atoms with Crippen LogP contribution < -0.4 is 11.3 Å². The third-order valence-electron chi connectivity index (χ3n) is 2.55. The molecule has 0 spiro atoms. The number of hydrogen-bond donors (Lipinski definition) is 2. The topological polar surface area (TPSA) is 50.9 Å². The summed E-state index contributed by atoms with van der Waals surface area (Å²) in [6.07, 6.45) is -2.71. The number of aryl methyl sites for hydroxylation is 1. The summed E-state index contributed by atoms with van der Waals surface area (Å²) in [5.41, 5.74) is 3.13. The van der Waals surface area contributed by atoms with Crippen molar-refractivity contribution < 1.29 is 8.78 Å². The molecule has 1 heterocycles. The van der Waals surface area contributed by atoms with Gasteiger partial charge in [-0.2, -0.15) is 0 Å². The van der Waals surface area contributed by atoms with Gasteiger partial charge in [0, 0.05) is 5.39 Å². The first-order chi connectivity index (χ1) is 8.45. The van der Waals surface area contributed by atoms with Crippen molar-refractivity contribution in [1.82, 2.24) is 4.98 Å². The molecule has 3 N–H and O–H groups in total. The van der Waals surface area contributed by atoms with Crippen molar-refractivity contribution >= 4 is 39.8 Å². The fourth-order valence-corrected chi connectivity index (χ4v) is 2.25. The van der Waals surface area contributed by atoms with Crippen LogP contribution in [-0.2, 0) is 0 Å². The number of nitrogens with zero attached hydrogens (tertiary/aromatic N) is 1. The van der Waals surface area contributed by atoms with Gasteiger partial charge in [0.25, 0.3) is 6.43 Å². The van der Waals surface area contributed by atoms with Gasteiger partial charge in [0.2, 0.25) is 0 Å². The molecule has 0 aliphatic heterocycles. The minimum atomic E-state index is -2.71. The predicted molar refractivity (Wildman–Crippen MR) is 69.3 cm³/mol. The van der Waals surface area contributed by atoms with Gasteiger partial charge in [0.05, 0.1) is 21.2 Å². The third-order valence-corrected chi connectivity index (χ3v) is 3.33. The fourth-order valence-electron chi connectivity index (χ4n) is 1.70. The van der Waals surface area contributed by atoms with Crippen molar-refractivity contribution in [3.63, 3.8) is 0 Å². The second kappa shape index (κ2) is 4.84. The largest absolute Gasteiger partial charge is 0.323 e. The number of nitrogens with one attached hydrogen (secondary N) is 1. The van der Waals surface area contributed by atoms with Crippen molar-refractivity contribution in [3.8, 4) is 0 Å². The first kappa shape index (κ1) is 13.3. The van der Waals surface area contributed by atoms with Gasteiger partial charge >= 0.3 is 0 Å². The first-order valence-electron chi connectivity index (χ1n) is 4.99. The summed E-state index contributed by atoms with van der Waals surface area (Å²) in [5.74, 6) is 5.33. The van der Waals surface area contributed by atoms with Gasteiger partial charge in [0.15, 0.2) is 0 Å². The number of anilines is 1. The molecule has 3 nitrogen and oxygen atoms in total. The molecule has 1 aromatic heterocycles. The van der Waals surface area contributed by atoms with Crippen LogP contribution in [0.1, 0.15) is 17.7 Å². The monoisotopic (exact) mass is 291 g/mol. The van der Waals surface area contributed by atoms with E-state index >= 15 is 0 Å². The molecule has 0 radical (unpaired) electrons. The molecule has 0 aliphatic carbocycles. The summed E-state index contributed by atoms with van der Waals surface area (Å²) < 4.78 is 25.4. The lowest BCUT2D eigenvalue weighted by atomic mass is 10.1. The normalized spacial score (nSPS) is 11.3. The number of hydrazine groups is 1. The number of nitrogen functional groups attached to an aromatic ring is 1. The van der Waals surface area contributed by atoms with Crippen LogP contribution in [0.3, 0.4) is 0 Å². The second-order valence-electron chi connectivity index (χ2n) is 3.75. The number of alkyl halides is 2. The van der Waals surface area contributed by atoms with Crippen molar-refractivity contribution in [2.75, 3.05) is 5.43 Å². The Hall–Kier alpha value is -1.17. The molecular weight excluding hydrogens is 283 g/mol. The number of rotatable bonds is 2. The SMILES string of the molecule is Cc1cc(Cl)c2nc(C(F)F)cc(NN)c2c1Cl. The highest BCUT2D eigenvalue weighted by molar-refractivity contribution is 6.41. The minimum absolute atomic E-state index is 0.206. The third kappa shape index (κ3) is 2.09. The number of pyridine rings is 1. The van der Waals surface area contributed by atoms with Crippen molar-refractivity contribution in [3.05, 3.63) is 33.4 Å². The van der Waals surface area contributed by atoms with E-state index in [9.17, 15) is 8.78 Å². The second-order valence-corrected chi connectivity index (χ2v) is 4.54. The molecule has 0 amide bonds. The Morgan fingerprint density at radius 2 is 2.00 bits per heavy atom. The van der Waals surface area contributed by atoms with E-state index in [0.29, 0.717) is 10.4 Å². The van der Waals surface area contributed by atoms with Crippen LogP contribution in [-0.4, -0.2) is 4.98 Å². The molecule has 18 heavy (non-hydrogen) atoms. The van der Waals surface area contributed by atoms with Crippen LogP contribution in [0, 0.1) is 6.92 Å². The zero-order chi connectivity index (χ0) is 13.4. The molecule has 0 saturated heterocycles. The average molecular weight is 292 g/mol. The smallest absolute Gasteiger partial charge is 0.280 e. The molecule has 0 fully saturated rings. The molecule has 96 valence electrons. The molecule has 2 rings (SSSR count). The summed E-state index contributed by atoms with van der Waals surface area (Å²) in [6.45, 7) is 1.76. The summed E-state index contributed by atoms with van der Waals surface area (Å²) in [5, 5.41) is 1.08. The van der Waals surface area contributed by atoms with Gasteiger partial charge in [-0.05, 0) is 24.6 Å². The zero-order valence-corrected chi connectivity index (χ0v) is 10.8. The van der Waals surface area contributed by atoms with E-state index in [2.05, 4.69) is 10.4 Å². The first-order valence-corrected chi connectivity index (χ1v) is 5.75. The molecule has 2 aromatic rings. The number of aromatic nitrogens is 1. The Balaban J connectivity index is 2.91. The van der Waals surface area contributed by atoms with Crippen LogP contribution >= 0.6 is 23.2 Å². The van der Waals surface area contributed by atoms with Gasteiger partial charge in [-0.15, -0.1) is 0 Å². The summed E-state index contributed by atoms with van der Waals surface area (Å²) >= 11 is 12.1. The maximum Gasteiger partial charge on any atom is 0.280 e. The Morgan fingerprint density at radius 3 is 2.56 bits per heavy atom. The summed E-state index contributed by atoms with van der Waals surface area (Å²) in [7, 11) is 0. The van der Waals surface area contributed by atoms with E-state index in [1.165, 1.54) is 0 Å². The highest BCUT2D eigenvalue weighted by Gasteiger charge is 2.17. The molecule has 0 aliphatic rings. The van der Waals surface area contributed by atoms with Crippen molar-refractivity contribution in [2.45, 2.75) is 13.3 Å². The van der Waals surface area contributed by atoms with Crippen LogP contribution in [0.15, 0.2) is 12.1 Å². The summed E-state index contributed by atoms with van der Waals surface area (Å²) in [6, 6.07) is 2.74. The van der Waals surface area contributed by atoms with E-state index in [1.807, 2.05) is 0 Å². The lowest BCUT2D eigenvalue weighted by Crippen LogP contribution is -2.09. The Labute approximate surface area is 112 Å². The number of halogens is 4. The van der Waals surface area contributed by atoms with Gasteiger partial charge < -0.3 is 5.43 Å². The maximum atomic E-state index is 12.7. The van der Waals surface area contributed by atoms with E-state index in [0.717, 1.165) is 11.6 Å². The average Bonchev–Trinajstić information content (AvgIpc) is 2.34. The van der Waals surface area contributed by atoms with Crippen LogP contribution in [0.25, 0.3) is 10.9 Å². The van der Waals surface area contributed by atoms with Gasteiger partial charge in [-0.25, -0.2) is 13.8 Å². The Kier molecular flexibility index (Phi) is 3.56. The van der Waals surface area contributed by atoms with E-state index in [1.54, 1.807) is 13.0 Å². The van der Waals surface area contributed by atoms with Crippen molar-refractivity contribution in [1.29, 1.82) is 0 Å². The van der Waals surface area contributed by atoms with E-state index in [-0.39, 0.29) is 16.2 Å². The lowest BCUT2D eigenvalue weighted by Gasteiger charge is -2.12. The van der Waals surface area contributed by atoms with Crippen molar-refractivity contribution in [2.24, 2.45) is 5.84 Å². The molecule has 1 aromatic carbocycles. The predicted octanol–water partition coefficient (Wildman–Crippen LogP) is 4.07. The Morgan fingerprint density at radius 1 is 1.33 bits per heavy atom. The molecule has 0 saturated carbocycles. The fraction of sp³-hybridized carbons (Fsp3) is 0.182. The lowest BCUT2D eigenvalue weighted by molar-refractivity contribution is 0.146. The standard InChI is InChI=1S/C11H9Cl2F2N3/c1-4-2-5(12)10-8(9(4)13)6(18-16)3-7(17-10)11(14)15/h2-3,11H,16H2,1H3,(H,17,18). The molecule has 0 bridgehead atoms. The molecular formula is C11H9Cl2F2N3. The quantitative estimate of drug-likeness (QED) is 0.648. The maximum absolute atomic E-state index is 12.7. The van der Waals surface area contributed by atoms with E-state index < -0.39 is 12.1 Å². The van der Waals surface area contributed by atoms with E-state index in [4.69, 9.17) is 29.0 Å². The van der Waals surface area contributed by atoms with Gasteiger partial charge in [-0.3, -0.25) is 5.84 Å². The minimum Gasteiger partial charge on any atom is -0.323 e. The highest BCUT2D eigenvalue weighted by Crippen LogP contribution is 2.37. The zero-order valence-electron chi connectivity index (χ0n) is 9.27. The van der Waals surface area contributed by atoms with Gasteiger partial charge in [0.1, 0.15) is 5.69 Å². The van der Waals surface area contributed by atoms with Gasteiger partial charge in [-0.1, -0.05) is 23.2 Å². The number of nitrogens with two attached hydrogens (primary N) is 1. The molecule has 7 heteroatoms. The van der Waals surface area contributed by atoms with Crippen LogP contribution in [0.5, 0.6) is 0 Å². The number of benzene rings is 1. The van der Waals surface area contributed by atoms with Crippen LogP contribution in [0.4, 0.5) is 14.5 Å². The molecule has 0 atom stereocenters. The number of fused-ring (bicyclic) bond motifs is 1. The highest BCUT2D eigenvalue weighted by atomic mass is 35.5. The number of hydrogen-bond acceptors (Lipinski definition) is 3. The molecule has 0 unspecified atom stereocenters.